The van der Waals surface area contributed by atoms with E-state index in [1.54, 1.807) is 0 Å². The van der Waals surface area contributed by atoms with Crippen LogP contribution in [0.25, 0.3) is 0 Å². The van der Waals surface area contributed by atoms with Crippen molar-refractivity contribution in [2.24, 2.45) is 0 Å². The number of nitrogens with one attached hydrogen (secondary N) is 1. The Morgan fingerprint density at radius 1 is 1.17 bits per heavy atom. The summed E-state index contributed by atoms with van der Waals surface area (Å²) in [6, 6.07) is 4.33. The van der Waals surface area contributed by atoms with Gasteiger partial charge >= 0.3 is 0 Å². The van der Waals surface area contributed by atoms with Gasteiger partial charge in [-0.15, -0.1) is 0 Å². The fourth-order valence-corrected chi connectivity index (χ4v) is 2.66. The van der Waals surface area contributed by atoms with Crippen molar-refractivity contribution >= 4 is 0 Å². The normalized spacial score (nSPS) is 24.1. The summed E-state index contributed by atoms with van der Waals surface area (Å²) in [6.45, 7) is 5.38. The molecular formula is C14H19NO3. The number of hydrogen-bond acceptors (Lipinski definition) is 4. The van der Waals surface area contributed by atoms with Gasteiger partial charge in [0.25, 0.3) is 0 Å². The van der Waals surface area contributed by atoms with E-state index in [9.17, 15) is 0 Å². The van der Waals surface area contributed by atoms with Crippen molar-refractivity contribution in [2.75, 3.05) is 20.3 Å². The second-order valence-corrected chi connectivity index (χ2v) is 5.42. The summed E-state index contributed by atoms with van der Waals surface area (Å²) < 4.78 is 17.4. The monoisotopic (exact) mass is 249 g/mol. The van der Waals surface area contributed by atoms with Crippen molar-refractivity contribution in [2.45, 2.75) is 31.9 Å². The third kappa shape index (κ3) is 1.81. The quantitative estimate of drug-likeness (QED) is 0.829. The molecule has 0 saturated carbocycles. The molecule has 0 aromatic heterocycles. The molecule has 1 unspecified atom stereocenters. The minimum atomic E-state index is -0.198. The van der Waals surface area contributed by atoms with E-state index in [4.69, 9.17) is 14.2 Å². The second kappa shape index (κ2) is 4.05. The summed E-state index contributed by atoms with van der Waals surface area (Å²) in [6.07, 6.45) is 0.941. The maximum absolute atomic E-state index is 6.10. The maximum atomic E-state index is 6.10. The van der Waals surface area contributed by atoms with E-state index in [0.29, 0.717) is 19.3 Å². The van der Waals surface area contributed by atoms with Crippen LogP contribution in [0.5, 0.6) is 17.2 Å². The average molecular weight is 249 g/mol. The fraction of sp³-hybridized carbons (Fsp3) is 0.571. The van der Waals surface area contributed by atoms with Crippen LogP contribution >= 0.6 is 0 Å². The molecule has 2 aliphatic heterocycles. The molecule has 0 saturated heterocycles. The Kier molecular flexibility index (Phi) is 2.63. The van der Waals surface area contributed by atoms with Crippen LogP contribution in [0, 0.1) is 0 Å². The molecule has 1 atom stereocenters. The highest BCUT2D eigenvalue weighted by Gasteiger charge is 2.36. The van der Waals surface area contributed by atoms with E-state index in [0.717, 1.165) is 29.2 Å². The molecule has 3 rings (SSSR count). The molecule has 0 radical (unpaired) electrons. The van der Waals surface area contributed by atoms with Crippen molar-refractivity contribution < 1.29 is 14.2 Å². The number of hydrogen-bond donors (Lipinski definition) is 1. The lowest BCUT2D eigenvalue weighted by molar-refractivity contribution is 0.0577. The molecule has 1 aromatic rings. The lowest BCUT2D eigenvalue weighted by Crippen LogP contribution is -2.39. The summed E-state index contributed by atoms with van der Waals surface area (Å²) in [5.74, 6) is 2.38. The van der Waals surface area contributed by atoms with E-state index in [-0.39, 0.29) is 5.60 Å². The molecule has 0 bridgehead atoms. The average Bonchev–Trinajstić information content (AvgIpc) is 2.36. The fourth-order valence-electron chi connectivity index (χ4n) is 2.66. The zero-order valence-electron chi connectivity index (χ0n) is 11.1. The zero-order valence-corrected chi connectivity index (χ0v) is 11.1. The summed E-state index contributed by atoms with van der Waals surface area (Å²) >= 11 is 0. The van der Waals surface area contributed by atoms with Crippen LogP contribution < -0.4 is 19.5 Å². The Balaban J connectivity index is 2.11. The first-order valence-corrected chi connectivity index (χ1v) is 6.39. The highest BCUT2D eigenvalue weighted by molar-refractivity contribution is 5.58. The summed E-state index contributed by atoms with van der Waals surface area (Å²) in [5, 5.41) is 3.35. The van der Waals surface area contributed by atoms with Gasteiger partial charge in [-0.3, -0.25) is 0 Å². The SMILES string of the molecule is CNC1CC(C)(C)Oc2c1ccc1c2OCCO1. The van der Waals surface area contributed by atoms with Crippen molar-refractivity contribution in [3.05, 3.63) is 17.7 Å². The van der Waals surface area contributed by atoms with Crippen LogP contribution in [-0.4, -0.2) is 25.9 Å². The summed E-state index contributed by atoms with van der Waals surface area (Å²) in [5.41, 5.74) is 0.956. The predicted molar refractivity (Wildman–Crippen MR) is 68.6 cm³/mol. The molecule has 0 fully saturated rings. The van der Waals surface area contributed by atoms with Gasteiger partial charge in [-0.1, -0.05) is 0 Å². The minimum Gasteiger partial charge on any atom is -0.486 e. The van der Waals surface area contributed by atoms with Gasteiger partial charge in [0.1, 0.15) is 18.8 Å². The molecule has 1 aromatic carbocycles. The molecule has 0 amide bonds. The van der Waals surface area contributed by atoms with E-state index in [1.165, 1.54) is 0 Å². The zero-order chi connectivity index (χ0) is 12.8. The molecule has 0 spiro atoms. The number of benzene rings is 1. The Hall–Kier alpha value is -1.42. The van der Waals surface area contributed by atoms with Crippen LogP contribution in [0.2, 0.25) is 0 Å². The molecule has 98 valence electrons. The van der Waals surface area contributed by atoms with Gasteiger partial charge in [-0.05, 0) is 33.0 Å². The summed E-state index contributed by atoms with van der Waals surface area (Å²) in [4.78, 5) is 0. The standard InChI is InChI=1S/C14H19NO3/c1-14(2)8-10(15-3)9-4-5-11-13(12(9)18-14)17-7-6-16-11/h4-5,10,15H,6-8H2,1-3H3. The van der Waals surface area contributed by atoms with Gasteiger partial charge in [0.05, 0.1) is 0 Å². The van der Waals surface area contributed by atoms with Crippen LogP contribution in [-0.2, 0) is 0 Å². The third-order valence-corrected chi connectivity index (χ3v) is 3.49. The van der Waals surface area contributed by atoms with Gasteiger partial charge in [-0.2, -0.15) is 0 Å². The van der Waals surface area contributed by atoms with E-state index < -0.39 is 0 Å². The minimum absolute atomic E-state index is 0.198. The number of ether oxygens (including phenoxy) is 3. The second-order valence-electron chi connectivity index (χ2n) is 5.42. The topological polar surface area (TPSA) is 39.7 Å². The molecule has 2 aliphatic rings. The highest BCUT2D eigenvalue weighted by Crippen LogP contribution is 2.49. The molecule has 1 N–H and O–H groups in total. The van der Waals surface area contributed by atoms with Gasteiger partial charge < -0.3 is 19.5 Å². The number of rotatable bonds is 1. The van der Waals surface area contributed by atoms with Crippen molar-refractivity contribution in [1.29, 1.82) is 0 Å². The van der Waals surface area contributed by atoms with Gasteiger partial charge in [0.15, 0.2) is 11.5 Å². The van der Waals surface area contributed by atoms with Crippen LogP contribution in [0.1, 0.15) is 31.9 Å². The van der Waals surface area contributed by atoms with Gasteiger partial charge in [-0.25, -0.2) is 0 Å². The molecule has 18 heavy (non-hydrogen) atoms. The molecular weight excluding hydrogens is 230 g/mol. The van der Waals surface area contributed by atoms with Crippen LogP contribution in [0.3, 0.4) is 0 Å². The van der Waals surface area contributed by atoms with E-state index in [1.807, 2.05) is 13.1 Å². The Morgan fingerprint density at radius 2 is 1.94 bits per heavy atom. The van der Waals surface area contributed by atoms with Gasteiger partial charge in [0, 0.05) is 18.0 Å². The molecule has 4 nitrogen and oxygen atoms in total. The highest BCUT2D eigenvalue weighted by atomic mass is 16.6. The molecule has 4 heteroatoms. The van der Waals surface area contributed by atoms with Crippen LogP contribution in [0.4, 0.5) is 0 Å². The van der Waals surface area contributed by atoms with Crippen LogP contribution in [0.15, 0.2) is 12.1 Å². The lowest BCUT2D eigenvalue weighted by Gasteiger charge is -2.39. The van der Waals surface area contributed by atoms with Crippen molar-refractivity contribution in [3.8, 4) is 17.2 Å². The summed E-state index contributed by atoms with van der Waals surface area (Å²) in [7, 11) is 1.98. The van der Waals surface area contributed by atoms with E-state index in [2.05, 4.69) is 25.2 Å². The predicted octanol–water partition coefficient (Wildman–Crippen LogP) is 2.28. The Morgan fingerprint density at radius 3 is 2.72 bits per heavy atom. The van der Waals surface area contributed by atoms with Gasteiger partial charge in [0.2, 0.25) is 5.75 Å². The first kappa shape index (κ1) is 11.7. The molecule has 2 heterocycles. The Bertz CT molecular complexity index is 470. The smallest absolute Gasteiger partial charge is 0.204 e. The maximum Gasteiger partial charge on any atom is 0.204 e. The largest absolute Gasteiger partial charge is 0.486 e. The lowest BCUT2D eigenvalue weighted by atomic mass is 9.89. The Labute approximate surface area is 107 Å². The first-order chi connectivity index (χ1) is 8.61. The molecule has 0 aliphatic carbocycles. The van der Waals surface area contributed by atoms with Crippen molar-refractivity contribution in [1.82, 2.24) is 5.32 Å². The number of fused-ring (bicyclic) bond motifs is 3. The third-order valence-electron chi connectivity index (χ3n) is 3.49. The van der Waals surface area contributed by atoms with E-state index >= 15 is 0 Å². The first-order valence-electron chi connectivity index (χ1n) is 6.39. The van der Waals surface area contributed by atoms with Crippen molar-refractivity contribution in [3.63, 3.8) is 0 Å².